The number of halogens is 2. The van der Waals surface area contributed by atoms with Gasteiger partial charge in [0, 0.05) is 19.3 Å². The monoisotopic (exact) mass is 290 g/mol. The molecule has 3 rings (SSSR count). The lowest BCUT2D eigenvalue weighted by Gasteiger charge is -2.07. The van der Waals surface area contributed by atoms with Crippen LogP contribution in [0.2, 0.25) is 5.02 Å². The lowest BCUT2D eigenvalue weighted by atomic mass is 10.2. The molecule has 0 radical (unpaired) electrons. The molecule has 0 saturated heterocycles. The van der Waals surface area contributed by atoms with Crippen LogP contribution < -0.4 is 5.73 Å². The zero-order valence-corrected chi connectivity index (χ0v) is 11.3. The highest BCUT2D eigenvalue weighted by Gasteiger charge is 2.16. The van der Waals surface area contributed by atoms with Gasteiger partial charge in [-0.2, -0.15) is 0 Å². The van der Waals surface area contributed by atoms with Crippen molar-refractivity contribution in [3.8, 4) is 11.4 Å². The van der Waals surface area contributed by atoms with Crippen molar-refractivity contribution in [2.24, 2.45) is 5.73 Å². The maximum atomic E-state index is 14.0. The molecule has 3 aromatic rings. The maximum absolute atomic E-state index is 14.0. The number of nitrogens with zero attached hydrogens (tertiary/aromatic N) is 3. The number of nitrogens with two attached hydrogens (primary N) is 1. The van der Waals surface area contributed by atoms with Crippen molar-refractivity contribution < 1.29 is 4.39 Å². The van der Waals surface area contributed by atoms with Gasteiger partial charge in [0.05, 0.1) is 10.6 Å². The molecule has 1 aromatic carbocycles. The summed E-state index contributed by atoms with van der Waals surface area (Å²) in [5.41, 5.74) is 7.34. The number of pyridine rings is 1. The summed E-state index contributed by atoms with van der Waals surface area (Å²) in [6.45, 7) is 0.923. The number of fused-ring (bicyclic) bond motifs is 1. The number of rotatable bonds is 3. The Morgan fingerprint density at radius 1 is 1.30 bits per heavy atom. The number of aromatic nitrogens is 3. The lowest BCUT2D eigenvalue weighted by molar-refractivity contribution is 0.626. The van der Waals surface area contributed by atoms with Gasteiger partial charge in [-0.1, -0.05) is 23.7 Å². The molecule has 4 nitrogen and oxygen atoms in total. The Balaban J connectivity index is 2.29. The van der Waals surface area contributed by atoms with Gasteiger partial charge in [-0.3, -0.25) is 0 Å². The fourth-order valence-corrected chi connectivity index (χ4v) is 2.33. The minimum Gasteiger partial charge on any atom is -0.329 e. The highest BCUT2D eigenvalue weighted by Crippen LogP contribution is 2.26. The van der Waals surface area contributed by atoms with E-state index >= 15 is 0 Å². The highest BCUT2D eigenvalue weighted by molar-refractivity contribution is 6.31. The molecule has 0 aliphatic rings. The molecular formula is C14H12ClFN4. The first-order valence-corrected chi connectivity index (χ1v) is 6.55. The lowest BCUT2D eigenvalue weighted by Crippen LogP contribution is -2.11. The van der Waals surface area contributed by atoms with Gasteiger partial charge in [0.15, 0.2) is 5.65 Å². The zero-order valence-electron chi connectivity index (χ0n) is 10.6. The second kappa shape index (κ2) is 5.19. The van der Waals surface area contributed by atoms with Crippen LogP contribution >= 0.6 is 11.6 Å². The van der Waals surface area contributed by atoms with Crippen LogP contribution in [0.15, 0.2) is 36.5 Å². The third kappa shape index (κ3) is 2.15. The molecule has 102 valence electrons. The largest absolute Gasteiger partial charge is 0.329 e. The summed E-state index contributed by atoms with van der Waals surface area (Å²) in [5, 5.41) is 0.495. The molecule has 20 heavy (non-hydrogen) atoms. The van der Waals surface area contributed by atoms with Crippen LogP contribution in [0.5, 0.6) is 0 Å². The average molecular weight is 291 g/mol. The summed E-state index contributed by atoms with van der Waals surface area (Å²) in [5.74, 6) is 0.186. The van der Waals surface area contributed by atoms with E-state index in [0.717, 1.165) is 0 Å². The van der Waals surface area contributed by atoms with Crippen LogP contribution in [0.3, 0.4) is 0 Å². The topological polar surface area (TPSA) is 56.7 Å². The molecule has 0 saturated carbocycles. The number of hydrogen-bond acceptors (Lipinski definition) is 3. The van der Waals surface area contributed by atoms with Crippen molar-refractivity contribution in [1.82, 2.24) is 14.5 Å². The van der Waals surface area contributed by atoms with Gasteiger partial charge < -0.3 is 10.3 Å². The van der Waals surface area contributed by atoms with Crippen molar-refractivity contribution in [3.63, 3.8) is 0 Å². The van der Waals surface area contributed by atoms with Crippen LogP contribution in [0.25, 0.3) is 22.6 Å². The summed E-state index contributed by atoms with van der Waals surface area (Å²) in [6, 6.07) is 8.21. The normalized spacial score (nSPS) is 11.2. The molecule has 0 spiro atoms. The van der Waals surface area contributed by atoms with E-state index in [4.69, 9.17) is 17.3 Å². The van der Waals surface area contributed by atoms with Gasteiger partial charge in [-0.15, -0.1) is 0 Å². The van der Waals surface area contributed by atoms with E-state index in [1.807, 2.05) is 4.57 Å². The van der Waals surface area contributed by atoms with Crippen molar-refractivity contribution in [2.75, 3.05) is 6.54 Å². The molecule has 2 N–H and O–H groups in total. The Kier molecular flexibility index (Phi) is 3.38. The molecule has 0 bridgehead atoms. The summed E-state index contributed by atoms with van der Waals surface area (Å²) in [7, 11) is 0. The van der Waals surface area contributed by atoms with Gasteiger partial charge in [-0.25, -0.2) is 14.4 Å². The number of hydrogen-bond donors (Lipinski definition) is 1. The predicted molar refractivity (Wildman–Crippen MR) is 77.0 cm³/mol. The fraction of sp³-hybridized carbons (Fsp3) is 0.143. The van der Waals surface area contributed by atoms with Crippen LogP contribution in [0, 0.1) is 5.82 Å². The van der Waals surface area contributed by atoms with Gasteiger partial charge >= 0.3 is 0 Å². The Morgan fingerprint density at radius 2 is 2.10 bits per heavy atom. The maximum Gasteiger partial charge on any atom is 0.160 e. The van der Waals surface area contributed by atoms with Gasteiger partial charge in [0.25, 0.3) is 0 Å². The third-order valence-corrected chi connectivity index (χ3v) is 3.23. The summed E-state index contributed by atoms with van der Waals surface area (Å²) >= 11 is 5.92. The summed E-state index contributed by atoms with van der Waals surface area (Å²) in [6.07, 6.45) is 1.55. The SMILES string of the molecule is NCCn1c(-c2ccccc2F)nc2cc(Cl)cnc21. The van der Waals surface area contributed by atoms with E-state index in [1.54, 1.807) is 30.5 Å². The first-order chi connectivity index (χ1) is 9.70. The molecular weight excluding hydrogens is 279 g/mol. The Labute approximate surface area is 120 Å². The fourth-order valence-electron chi connectivity index (χ4n) is 2.18. The van der Waals surface area contributed by atoms with Gasteiger partial charge in [-0.05, 0) is 18.2 Å². The third-order valence-electron chi connectivity index (χ3n) is 3.02. The molecule has 2 heterocycles. The quantitative estimate of drug-likeness (QED) is 0.807. The van der Waals surface area contributed by atoms with Crippen molar-refractivity contribution in [2.45, 2.75) is 6.54 Å². The Bertz CT molecular complexity index is 769. The molecule has 6 heteroatoms. The van der Waals surface area contributed by atoms with E-state index in [2.05, 4.69) is 9.97 Å². The average Bonchev–Trinajstić information content (AvgIpc) is 2.77. The van der Waals surface area contributed by atoms with Crippen LogP contribution in [0.1, 0.15) is 0 Å². The second-order valence-corrected chi connectivity index (χ2v) is 4.79. The smallest absolute Gasteiger partial charge is 0.160 e. The van der Waals surface area contributed by atoms with E-state index < -0.39 is 0 Å². The first-order valence-electron chi connectivity index (χ1n) is 6.17. The Hall–Kier alpha value is -1.98. The van der Waals surface area contributed by atoms with Crippen LogP contribution in [-0.4, -0.2) is 21.1 Å². The van der Waals surface area contributed by atoms with Crippen molar-refractivity contribution >= 4 is 22.8 Å². The van der Waals surface area contributed by atoms with E-state index in [1.165, 1.54) is 6.07 Å². The van der Waals surface area contributed by atoms with Crippen molar-refractivity contribution in [1.29, 1.82) is 0 Å². The Morgan fingerprint density at radius 3 is 2.85 bits per heavy atom. The van der Waals surface area contributed by atoms with Crippen LogP contribution in [0.4, 0.5) is 4.39 Å². The van der Waals surface area contributed by atoms with Gasteiger partial charge in [0.1, 0.15) is 17.2 Å². The van der Waals surface area contributed by atoms with E-state index in [0.29, 0.717) is 40.7 Å². The predicted octanol–water partition coefficient (Wildman–Crippen LogP) is 2.85. The summed E-state index contributed by atoms with van der Waals surface area (Å²) in [4.78, 5) is 8.71. The zero-order chi connectivity index (χ0) is 14.1. The highest BCUT2D eigenvalue weighted by atomic mass is 35.5. The molecule has 2 aromatic heterocycles. The number of imidazole rings is 1. The second-order valence-electron chi connectivity index (χ2n) is 4.35. The van der Waals surface area contributed by atoms with E-state index in [9.17, 15) is 4.39 Å². The first kappa shape index (κ1) is 13.0. The van der Waals surface area contributed by atoms with E-state index in [-0.39, 0.29) is 5.82 Å². The number of benzene rings is 1. The molecule has 0 atom stereocenters. The summed E-state index contributed by atoms with van der Waals surface area (Å²) < 4.78 is 15.8. The minimum absolute atomic E-state index is 0.327. The van der Waals surface area contributed by atoms with Crippen LogP contribution in [-0.2, 0) is 6.54 Å². The van der Waals surface area contributed by atoms with Gasteiger partial charge in [0.2, 0.25) is 0 Å². The van der Waals surface area contributed by atoms with Crippen molar-refractivity contribution in [3.05, 3.63) is 47.4 Å². The molecule has 0 fully saturated rings. The molecule has 0 aliphatic carbocycles. The minimum atomic E-state index is -0.327. The molecule has 0 amide bonds. The molecule has 0 aliphatic heterocycles. The standard InChI is InChI=1S/C14H12ClFN4/c15-9-7-12-14(18-8-9)20(6-5-17)13(19-12)10-3-1-2-4-11(10)16/h1-4,7-8H,5-6,17H2. The molecule has 0 unspecified atom stereocenters.